The highest BCUT2D eigenvalue weighted by Crippen LogP contribution is 2.53. The molecule has 2 saturated heterocycles. The molecule has 0 radical (unpaired) electrons. The second-order valence-electron chi connectivity index (χ2n) is 5.53. The Morgan fingerprint density at radius 3 is 2.31 bits per heavy atom. The molecule has 2 aliphatic heterocycles. The Bertz CT molecular complexity index is 298. The van der Waals surface area contributed by atoms with Gasteiger partial charge in [-0.25, -0.2) is 0 Å². The molecule has 1 spiro atoms. The smallest absolute Gasteiger partial charge is 0.265 e. The van der Waals surface area contributed by atoms with Crippen LogP contribution < -0.4 is 0 Å². The molecule has 4 heteroatoms. The van der Waals surface area contributed by atoms with Gasteiger partial charge in [0, 0.05) is 19.7 Å². The number of amides is 1. The number of rotatable bonds is 1. The number of carbonyl (C=O) groups is 1. The Labute approximate surface area is 102 Å². The van der Waals surface area contributed by atoms with Crippen molar-refractivity contribution in [3.8, 4) is 0 Å². The molecule has 1 amide bonds. The Balaban J connectivity index is 1.62. The van der Waals surface area contributed by atoms with Gasteiger partial charge in [0.25, 0.3) is 5.91 Å². The van der Waals surface area contributed by atoms with Crippen LogP contribution >= 0.6 is 12.6 Å². The zero-order valence-corrected chi connectivity index (χ0v) is 10.5. The van der Waals surface area contributed by atoms with Crippen LogP contribution in [-0.2, 0) is 9.53 Å². The van der Waals surface area contributed by atoms with Crippen LogP contribution in [0.5, 0.6) is 0 Å². The summed E-state index contributed by atoms with van der Waals surface area (Å²) >= 11 is 4.43. The predicted octanol–water partition coefficient (Wildman–Crippen LogP) is 1.83. The quantitative estimate of drug-likeness (QED) is 0.710. The molecule has 0 bridgehead atoms. The van der Waals surface area contributed by atoms with Gasteiger partial charge in [-0.2, -0.15) is 0 Å². The van der Waals surface area contributed by atoms with Gasteiger partial charge in [0.05, 0.1) is 0 Å². The van der Waals surface area contributed by atoms with E-state index in [1.165, 1.54) is 25.7 Å². The summed E-state index contributed by atoms with van der Waals surface area (Å²) in [6, 6.07) is 0. The molecule has 3 nitrogen and oxygen atoms in total. The summed E-state index contributed by atoms with van der Waals surface area (Å²) in [5.74, 6) is 0.101. The maximum atomic E-state index is 12.3. The molecule has 2 heterocycles. The molecule has 1 saturated carbocycles. The fourth-order valence-electron chi connectivity index (χ4n) is 2.90. The summed E-state index contributed by atoms with van der Waals surface area (Å²) in [6.45, 7) is 2.49. The largest absolute Gasteiger partial charge is 0.355 e. The van der Waals surface area contributed by atoms with Crippen LogP contribution in [0.2, 0.25) is 0 Å². The number of thiol groups is 1. The van der Waals surface area contributed by atoms with Crippen molar-refractivity contribution in [2.45, 2.75) is 43.5 Å². The van der Waals surface area contributed by atoms with Crippen molar-refractivity contribution < 1.29 is 9.53 Å². The molecule has 1 aliphatic carbocycles. The van der Waals surface area contributed by atoms with E-state index in [0.717, 1.165) is 25.9 Å². The van der Waals surface area contributed by atoms with Crippen LogP contribution in [-0.4, -0.2) is 35.4 Å². The van der Waals surface area contributed by atoms with Gasteiger partial charge in [0.2, 0.25) is 0 Å². The molecule has 0 aromatic rings. The summed E-state index contributed by atoms with van der Waals surface area (Å²) in [6.07, 6.45) is 6.82. The Morgan fingerprint density at radius 1 is 1.12 bits per heavy atom. The lowest BCUT2D eigenvalue weighted by atomic mass is 9.93. The first-order valence-electron chi connectivity index (χ1n) is 6.29. The molecule has 90 valence electrons. The van der Waals surface area contributed by atoms with Crippen molar-refractivity contribution >= 4 is 18.5 Å². The first-order valence-corrected chi connectivity index (χ1v) is 6.74. The van der Waals surface area contributed by atoms with Crippen LogP contribution in [0.25, 0.3) is 0 Å². The number of hydrogen-bond acceptors (Lipinski definition) is 3. The average molecular weight is 241 g/mol. The van der Waals surface area contributed by atoms with Crippen LogP contribution in [0.3, 0.4) is 0 Å². The van der Waals surface area contributed by atoms with Gasteiger partial charge in [-0.1, -0.05) is 0 Å². The third-order valence-corrected chi connectivity index (χ3v) is 4.95. The predicted molar refractivity (Wildman–Crippen MR) is 64.4 cm³/mol. The number of piperidine rings is 1. The van der Waals surface area contributed by atoms with Gasteiger partial charge in [0.1, 0.15) is 0 Å². The van der Waals surface area contributed by atoms with Crippen LogP contribution in [0, 0.1) is 5.41 Å². The van der Waals surface area contributed by atoms with E-state index in [1.807, 2.05) is 4.90 Å². The van der Waals surface area contributed by atoms with Crippen molar-refractivity contribution in [3.63, 3.8) is 0 Å². The Hall–Kier alpha value is -0.220. The molecule has 1 atom stereocenters. The zero-order chi connectivity index (χ0) is 11.2. The van der Waals surface area contributed by atoms with Gasteiger partial charge >= 0.3 is 0 Å². The first-order chi connectivity index (χ1) is 7.64. The molecule has 3 aliphatic rings. The number of carbonyl (C=O) groups excluding carboxylic acids is 1. The van der Waals surface area contributed by atoms with E-state index in [0.29, 0.717) is 12.0 Å². The molecule has 16 heavy (non-hydrogen) atoms. The summed E-state index contributed by atoms with van der Waals surface area (Å²) in [5, 5.41) is 0. The van der Waals surface area contributed by atoms with Crippen molar-refractivity contribution in [1.29, 1.82) is 0 Å². The number of hydrogen-bond donors (Lipinski definition) is 1. The monoisotopic (exact) mass is 241 g/mol. The van der Waals surface area contributed by atoms with Crippen molar-refractivity contribution in [2.24, 2.45) is 5.41 Å². The van der Waals surface area contributed by atoms with Crippen LogP contribution in [0.4, 0.5) is 0 Å². The molecule has 0 aromatic carbocycles. The van der Waals surface area contributed by atoms with E-state index in [-0.39, 0.29) is 5.91 Å². The maximum absolute atomic E-state index is 12.3. The van der Waals surface area contributed by atoms with Crippen LogP contribution in [0.1, 0.15) is 38.5 Å². The fraction of sp³-hybridized carbons (Fsp3) is 0.917. The summed E-state index contributed by atoms with van der Waals surface area (Å²) < 4.78 is 5.50. The molecule has 0 unspecified atom stereocenters. The standard InChI is InChI=1S/C12H19NO2S/c14-10(12(16)2-1-9-15-12)13-7-5-11(3-4-11)6-8-13/h16H,1-9H2/t12-/m0/s1. The van der Waals surface area contributed by atoms with E-state index in [2.05, 4.69) is 12.6 Å². The van der Waals surface area contributed by atoms with E-state index in [9.17, 15) is 4.79 Å². The lowest BCUT2D eigenvalue weighted by Gasteiger charge is -2.36. The summed E-state index contributed by atoms with van der Waals surface area (Å²) in [4.78, 5) is 13.4. The van der Waals surface area contributed by atoms with Crippen LogP contribution in [0.15, 0.2) is 0 Å². The van der Waals surface area contributed by atoms with Crippen molar-refractivity contribution in [1.82, 2.24) is 4.90 Å². The van der Waals surface area contributed by atoms with Gasteiger partial charge in [-0.15, -0.1) is 12.6 Å². The minimum atomic E-state index is -0.811. The number of nitrogens with zero attached hydrogens (tertiary/aromatic N) is 1. The molecule has 3 rings (SSSR count). The highest BCUT2D eigenvalue weighted by atomic mass is 32.1. The highest BCUT2D eigenvalue weighted by Gasteiger charge is 2.48. The van der Waals surface area contributed by atoms with E-state index in [4.69, 9.17) is 4.74 Å². The van der Waals surface area contributed by atoms with Gasteiger partial charge in [0.15, 0.2) is 4.93 Å². The average Bonchev–Trinajstić information content (AvgIpc) is 2.89. The Kier molecular flexibility index (Phi) is 2.48. The maximum Gasteiger partial charge on any atom is 0.265 e. The molecule has 3 fully saturated rings. The second-order valence-corrected chi connectivity index (χ2v) is 6.25. The molecule has 0 N–H and O–H groups in total. The summed E-state index contributed by atoms with van der Waals surface area (Å²) in [7, 11) is 0. The third-order valence-electron chi connectivity index (χ3n) is 4.40. The van der Waals surface area contributed by atoms with Gasteiger partial charge in [-0.3, -0.25) is 4.79 Å². The topological polar surface area (TPSA) is 29.5 Å². The fourth-order valence-corrected chi connectivity index (χ4v) is 3.29. The zero-order valence-electron chi connectivity index (χ0n) is 9.57. The third kappa shape index (κ3) is 1.76. The van der Waals surface area contributed by atoms with E-state index >= 15 is 0 Å². The normalized spacial score (nSPS) is 36.7. The minimum absolute atomic E-state index is 0.101. The number of likely N-dealkylation sites (tertiary alicyclic amines) is 1. The first kappa shape index (κ1) is 10.9. The highest BCUT2D eigenvalue weighted by molar-refractivity contribution is 7.82. The summed E-state index contributed by atoms with van der Waals surface area (Å²) in [5.41, 5.74) is 0.622. The second kappa shape index (κ2) is 3.64. The Morgan fingerprint density at radius 2 is 1.81 bits per heavy atom. The molecular formula is C12H19NO2S. The number of ether oxygens (including phenoxy) is 1. The lowest BCUT2D eigenvalue weighted by Crippen LogP contribution is -2.48. The van der Waals surface area contributed by atoms with Gasteiger partial charge < -0.3 is 9.64 Å². The molecular weight excluding hydrogens is 222 g/mol. The van der Waals surface area contributed by atoms with Gasteiger partial charge in [-0.05, 0) is 43.9 Å². The lowest BCUT2D eigenvalue weighted by molar-refractivity contribution is -0.145. The minimum Gasteiger partial charge on any atom is -0.355 e. The molecule has 0 aromatic heterocycles. The van der Waals surface area contributed by atoms with Crippen molar-refractivity contribution in [3.05, 3.63) is 0 Å². The van der Waals surface area contributed by atoms with E-state index in [1.54, 1.807) is 0 Å². The van der Waals surface area contributed by atoms with Crippen molar-refractivity contribution in [2.75, 3.05) is 19.7 Å². The SMILES string of the molecule is O=C(N1CCC2(CC1)CC2)[C@@]1(S)CCCO1. The van der Waals surface area contributed by atoms with E-state index < -0.39 is 4.93 Å².